The summed E-state index contributed by atoms with van der Waals surface area (Å²) in [5.41, 5.74) is 3.69. The maximum atomic E-state index is 10.5. The van der Waals surface area contributed by atoms with Gasteiger partial charge in [0.05, 0.1) is 19.8 Å². The highest BCUT2D eigenvalue weighted by Crippen LogP contribution is 2.33. The van der Waals surface area contributed by atoms with Crippen LogP contribution < -0.4 is 0 Å². The Balaban J connectivity index is 1.49. The molecule has 34 heavy (non-hydrogen) atoms. The maximum absolute atomic E-state index is 10.5. The average molecular weight is 469 g/mol. The van der Waals surface area contributed by atoms with Crippen molar-refractivity contribution in [3.8, 4) is 11.8 Å². The van der Waals surface area contributed by atoms with E-state index in [1.807, 2.05) is 49.4 Å². The molecule has 2 aliphatic heterocycles. The maximum Gasteiger partial charge on any atom is 0.130 e. The number of aryl methyl sites for hydroxylation is 1. The molecule has 2 aromatic carbocycles. The zero-order valence-corrected chi connectivity index (χ0v) is 19.2. The predicted octanol–water partition coefficient (Wildman–Crippen LogP) is 0.994. The molecule has 2 heterocycles. The molecular formula is C27H32O7. The Morgan fingerprint density at radius 1 is 0.971 bits per heavy atom. The molecule has 1 unspecified atom stereocenters. The lowest BCUT2D eigenvalue weighted by molar-refractivity contribution is -0.231. The first kappa shape index (κ1) is 24.8. The number of hydrogen-bond donors (Lipinski definition) is 5. The molecule has 0 radical (unpaired) electrons. The largest absolute Gasteiger partial charge is 0.394 e. The molecule has 5 N–H and O–H groups in total. The van der Waals surface area contributed by atoms with Crippen molar-refractivity contribution in [3.05, 3.63) is 70.3 Å². The van der Waals surface area contributed by atoms with E-state index in [0.717, 1.165) is 22.3 Å². The fourth-order valence-electron chi connectivity index (χ4n) is 4.38. The highest BCUT2D eigenvalue weighted by atomic mass is 16.5. The van der Waals surface area contributed by atoms with Gasteiger partial charge < -0.3 is 35.0 Å². The van der Waals surface area contributed by atoms with Gasteiger partial charge in [-0.25, -0.2) is 0 Å². The van der Waals surface area contributed by atoms with Crippen LogP contribution in [0.3, 0.4) is 0 Å². The van der Waals surface area contributed by atoms with Crippen LogP contribution in [0.5, 0.6) is 0 Å². The molecular weight excluding hydrogens is 436 g/mol. The third-order valence-corrected chi connectivity index (χ3v) is 6.70. The van der Waals surface area contributed by atoms with Gasteiger partial charge in [0.2, 0.25) is 0 Å². The van der Waals surface area contributed by atoms with Gasteiger partial charge in [-0.2, -0.15) is 0 Å². The fourth-order valence-corrected chi connectivity index (χ4v) is 4.38. The number of ether oxygens (including phenoxy) is 2. The third kappa shape index (κ3) is 5.51. The molecule has 0 aromatic heterocycles. The van der Waals surface area contributed by atoms with E-state index in [1.165, 1.54) is 0 Å². The quantitative estimate of drug-likeness (QED) is 0.425. The van der Waals surface area contributed by atoms with E-state index >= 15 is 0 Å². The molecule has 0 saturated carbocycles. The summed E-state index contributed by atoms with van der Waals surface area (Å²) < 4.78 is 11.0. The first-order valence-corrected chi connectivity index (χ1v) is 11.6. The van der Waals surface area contributed by atoms with Crippen molar-refractivity contribution in [3.63, 3.8) is 0 Å². The number of hydrogen-bond acceptors (Lipinski definition) is 7. The molecule has 0 spiro atoms. The second kappa shape index (κ2) is 10.5. The smallest absolute Gasteiger partial charge is 0.130 e. The van der Waals surface area contributed by atoms with Crippen LogP contribution in [0.25, 0.3) is 0 Å². The van der Waals surface area contributed by atoms with Crippen LogP contribution in [0.4, 0.5) is 0 Å². The van der Waals surface area contributed by atoms with Crippen molar-refractivity contribution in [2.24, 2.45) is 0 Å². The van der Waals surface area contributed by atoms with Crippen molar-refractivity contribution in [2.45, 2.75) is 62.3 Å². The average Bonchev–Trinajstić information content (AvgIpc) is 2.84. The van der Waals surface area contributed by atoms with Gasteiger partial charge in [-0.1, -0.05) is 42.2 Å². The van der Waals surface area contributed by atoms with Crippen LogP contribution in [-0.2, 0) is 15.9 Å². The lowest BCUT2D eigenvalue weighted by atomic mass is 9.89. The number of rotatable bonds is 4. The second-order valence-electron chi connectivity index (χ2n) is 9.20. The van der Waals surface area contributed by atoms with Gasteiger partial charge in [0.1, 0.15) is 36.1 Å². The second-order valence-corrected chi connectivity index (χ2v) is 9.20. The van der Waals surface area contributed by atoms with E-state index in [9.17, 15) is 25.5 Å². The minimum atomic E-state index is -1.41. The summed E-state index contributed by atoms with van der Waals surface area (Å²) in [6, 6.07) is 13.5. The van der Waals surface area contributed by atoms with Crippen LogP contribution in [0, 0.1) is 18.8 Å². The van der Waals surface area contributed by atoms with Crippen molar-refractivity contribution in [1.29, 1.82) is 0 Å². The summed E-state index contributed by atoms with van der Waals surface area (Å²) in [6.07, 6.45) is -4.22. The molecule has 2 fully saturated rings. The predicted molar refractivity (Wildman–Crippen MR) is 125 cm³/mol. The molecule has 0 aliphatic carbocycles. The number of aliphatic hydroxyl groups is 5. The summed E-state index contributed by atoms with van der Waals surface area (Å²) in [7, 11) is 0. The van der Waals surface area contributed by atoms with Crippen LogP contribution >= 0.6 is 0 Å². The molecule has 2 aliphatic rings. The minimum Gasteiger partial charge on any atom is -0.394 e. The van der Waals surface area contributed by atoms with E-state index in [-0.39, 0.29) is 0 Å². The fraction of sp³-hybridized carbons (Fsp3) is 0.481. The molecule has 0 amide bonds. The van der Waals surface area contributed by atoms with Gasteiger partial charge in [0, 0.05) is 18.4 Å². The van der Waals surface area contributed by atoms with Crippen LogP contribution in [0.1, 0.15) is 46.8 Å². The Labute approximate surface area is 199 Å². The monoisotopic (exact) mass is 468 g/mol. The lowest BCUT2D eigenvalue weighted by Crippen LogP contribution is -2.55. The summed E-state index contributed by atoms with van der Waals surface area (Å²) in [5.74, 6) is 6.05. The molecule has 5 atom stereocenters. The number of benzene rings is 2. The SMILES string of the molecule is Cc1ccc([C@@H]2O[C@H](CO)[C@@H](O)C(O)[C@H]2O)cc1Cc1ccc(C#CC2(O)CCOCC2)cc1. The van der Waals surface area contributed by atoms with E-state index in [2.05, 4.69) is 11.8 Å². The summed E-state index contributed by atoms with van der Waals surface area (Å²) >= 11 is 0. The molecule has 0 bridgehead atoms. The van der Waals surface area contributed by atoms with Gasteiger partial charge in [-0.15, -0.1) is 0 Å². The lowest BCUT2D eigenvalue weighted by Gasteiger charge is -2.40. The highest BCUT2D eigenvalue weighted by molar-refractivity contribution is 5.41. The Kier molecular flexibility index (Phi) is 7.70. The van der Waals surface area contributed by atoms with Crippen molar-refractivity contribution in [1.82, 2.24) is 0 Å². The van der Waals surface area contributed by atoms with Gasteiger partial charge in [-0.05, 0) is 47.7 Å². The van der Waals surface area contributed by atoms with E-state index < -0.39 is 42.7 Å². The topological polar surface area (TPSA) is 120 Å². The normalized spacial score (nSPS) is 28.7. The first-order valence-electron chi connectivity index (χ1n) is 11.6. The minimum absolute atomic E-state index is 0.458. The Morgan fingerprint density at radius 3 is 2.35 bits per heavy atom. The number of aliphatic hydroxyl groups excluding tert-OH is 4. The summed E-state index contributed by atoms with van der Waals surface area (Å²) in [6.45, 7) is 2.58. The van der Waals surface area contributed by atoms with Gasteiger partial charge in [0.25, 0.3) is 0 Å². The molecule has 7 nitrogen and oxygen atoms in total. The third-order valence-electron chi connectivity index (χ3n) is 6.70. The molecule has 2 aromatic rings. The van der Waals surface area contributed by atoms with Crippen molar-refractivity contribution < 1.29 is 35.0 Å². The Morgan fingerprint density at radius 2 is 1.68 bits per heavy atom. The molecule has 7 heteroatoms. The van der Waals surface area contributed by atoms with Crippen LogP contribution in [-0.4, -0.2) is 75.4 Å². The van der Waals surface area contributed by atoms with Gasteiger partial charge in [0.15, 0.2) is 0 Å². The first-order chi connectivity index (χ1) is 16.3. The Hall–Kier alpha value is -2.28. The molecule has 4 rings (SSSR count). The molecule has 182 valence electrons. The standard InChI is InChI=1S/C27H32O7/c1-17-2-7-20(26-25(31)24(30)23(29)22(16-28)34-26)15-21(17)14-19-5-3-18(4-6-19)8-9-27(32)10-12-33-13-11-27/h2-7,15,22-26,28-32H,10-14,16H2,1H3/t22-,23-,24?,25-,26+/m1/s1. The zero-order valence-electron chi connectivity index (χ0n) is 19.2. The van der Waals surface area contributed by atoms with Gasteiger partial charge >= 0.3 is 0 Å². The van der Waals surface area contributed by atoms with Crippen LogP contribution in [0.2, 0.25) is 0 Å². The van der Waals surface area contributed by atoms with E-state index in [1.54, 1.807) is 0 Å². The van der Waals surface area contributed by atoms with Gasteiger partial charge in [-0.3, -0.25) is 0 Å². The zero-order chi connectivity index (χ0) is 24.3. The Bertz CT molecular complexity index is 1030. The summed E-state index contributed by atoms with van der Waals surface area (Å²) in [5, 5.41) is 50.6. The van der Waals surface area contributed by atoms with Crippen molar-refractivity contribution in [2.75, 3.05) is 19.8 Å². The van der Waals surface area contributed by atoms with Crippen LogP contribution in [0.15, 0.2) is 42.5 Å². The van der Waals surface area contributed by atoms with Crippen molar-refractivity contribution >= 4 is 0 Å². The van der Waals surface area contributed by atoms with E-state index in [0.29, 0.717) is 38.0 Å². The summed E-state index contributed by atoms with van der Waals surface area (Å²) in [4.78, 5) is 0. The van der Waals surface area contributed by atoms with E-state index in [4.69, 9.17) is 9.47 Å². The molecule has 2 saturated heterocycles. The highest BCUT2D eigenvalue weighted by Gasteiger charge is 2.44.